The monoisotopic (exact) mass is 138 g/mol. The smallest absolute Gasteiger partial charge is 0.161 e. The molecule has 0 amide bonds. The van der Waals surface area contributed by atoms with Crippen molar-refractivity contribution in [3.63, 3.8) is 0 Å². The topological polar surface area (TPSA) is 53.9 Å². The summed E-state index contributed by atoms with van der Waals surface area (Å²) in [5, 5.41) is 8.49. The van der Waals surface area contributed by atoms with Crippen molar-refractivity contribution in [2.45, 2.75) is 0 Å². The van der Waals surface area contributed by atoms with Crippen LogP contribution in [-0.4, -0.2) is 11.5 Å². The first kappa shape index (κ1) is 6.92. The number of hydrogen-bond donors (Lipinski definition) is 2. The molecule has 1 aromatic carbocycles. The van der Waals surface area contributed by atoms with Gasteiger partial charge in [-0.05, 0) is 12.1 Å². The number of quaternary nitrogens is 1. The summed E-state index contributed by atoms with van der Waals surface area (Å²) in [7, 11) is 0. The van der Waals surface area contributed by atoms with E-state index in [0.29, 0.717) is 11.3 Å². The average Bonchev–Trinajstić information content (AvgIpc) is 2.05. The Hall–Kier alpha value is -1.19. The van der Waals surface area contributed by atoms with Gasteiger partial charge in [-0.1, -0.05) is 0 Å². The minimum atomic E-state index is 0.616. The number of carbonyl (C=O) groups is 1. The molecule has 3 nitrogen and oxygen atoms in total. The van der Waals surface area contributed by atoms with Crippen LogP contribution in [0.2, 0.25) is 0 Å². The molecule has 0 spiro atoms. The second-order valence-electron chi connectivity index (χ2n) is 1.91. The molecule has 3 heteroatoms. The highest BCUT2D eigenvalue weighted by molar-refractivity contribution is 5.75. The van der Waals surface area contributed by atoms with E-state index in [1.54, 1.807) is 24.3 Å². The Morgan fingerprint density at radius 3 is 2.30 bits per heavy atom. The first-order valence-electron chi connectivity index (χ1n) is 2.89. The molecule has 0 aliphatic heterocycles. The fourth-order valence-electron chi connectivity index (χ4n) is 0.661. The second kappa shape index (κ2) is 3.10. The third-order valence-corrected chi connectivity index (χ3v) is 1.22. The van der Waals surface area contributed by atoms with Gasteiger partial charge in [-0.25, -0.2) is 5.21 Å². The molecule has 0 aromatic heterocycles. The molecule has 0 heterocycles. The SMILES string of the molecule is O=Cc1ccc([NH2+]O)cc1. The molecule has 0 bridgehead atoms. The molecular weight excluding hydrogens is 130 g/mol. The summed E-state index contributed by atoms with van der Waals surface area (Å²) in [5.41, 5.74) is 2.31. The van der Waals surface area contributed by atoms with E-state index in [0.717, 1.165) is 11.8 Å². The predicted octanol–water partition coefficient (Wildman–Crippen LogP) is 0.0832. The van der Waals surface area contributed by atoms with Gasteiger partial charge < -0.3 is 0 Å². The lowest BCUT2D eigenvalue weighted by Crippen LogP contribution is -2.73. The second-order valence-corrected chi connectivity index (χ2v) is 1.91. The van der Waals surface area contributed by atoms with Crippen molar-refractivity contribution >= 4 is 12.0 Å². The maximum atomic E-state index is 10.1. The van der Waals surface area contributed by atoms with Crippen LogP contribution in [0.15, 0.2) is 24.3 Å². The Morgan fingerprint density at radius 2 is 1.90 bits per heavy atom. The molecule has 0 aliphatic carbocycles. The summed E-state index contributed by atoms with van der Waals surface area (Å²) in [4.78, 5) is 10.1. The van der Waals surface area contributed by atoms with E-state index >= 15 is 0 Å². The molecule has 3 N–H and O–H groups in total. The van der Waals surface area contributed by atoms with Crippen molar-refractivity contribution in [3.05, 3.63) is 29.8 Å². The third-order valence-electron chi connectivity index (χ3n) is 1.22. The number of aldehydes is 1. The Bertz CT molecular complexity index is 218. The summed E-state index contributed by atoms with van der Waals surface area (Å²) in [6.07, 6.45) is 0.765. The standard InChI is InChI=1S/C7H7NO2/c9-5-6-1-3-7(8-10)4-2-6/h1-5,8,10H/p+1. The van der Waals surface area contributed by atoms with E-state index in [-0.39, 0.29) is 0 Å². The van der Waals surface area contributed by atoms with Crippen molar-refractivity contribution in [1.29, 1.82) is 0 Å². The van der Waals surface area contributed by atoms with E-state index in [1.165, 1.54) is 0 Å². The van der Waals surface area contributed by atoms with Gasteiger partial charge in [-0.2, -0.15) is 5.48 Å². The highest BCUT2D eigenvalue weighted by atomic mass is 16.5. The first-order valence-corrected chi connectivity index (χ1v) is 2.89. The molecule has 0 atom stereocenters. The van der Waals surface area contributed by atoms with Crippen molar-refractivity contribution in [3.8, 4) is 0 Å². The predicted molar refractivity (Wildman–Crippen MR) is 35.2 cm³/mol. The Kier molecular flexibility index (Phi) is 2.15. The lowest BCUT2D eigenvalue weighted by Gasteiger charge is -1.90. The number of nitrogens with two attached hydrogens (primary N) is 1. The number of carbonyl (C=O) groups excluding carboxylic acids is 1. The van der Waals surface area contributed by atoms with Gasteiger partial charge in [0.1, 0.15) is 6.29 Å². The van der Waals surface area contributed by atoms with Crippen LogP contribution in [-0.2, 0) is 0 Å². The summed E-state index contributed by atoms with van der Waals surface area (Å²) in [6, 6.07) is 6.64. The summed E-state index contributed by atoms with van der Waals surface area (Å²) < 4.78 is 0. The fraction of sp³-hybridized carbons (Fsp3) is 0. The van der Waals surface area contributed by atoms with Crippen LogP contribution in [0.5, 0.6) is 0 Å². The quantitative estimate of drug-likeness (QED) is 0.345. The first-order chi connectivity index (χ1) is 4.86. The minimum Gasteiger partial charge on any atom is -0.298 e. The van der Waals surface area contributed by atoms with Gasteiger partial charge >= 0.3 is 0 Å². The largest absolute Gasteiger partial charge is 0.298 e. The number of rotatable bonds is 2. The van der Waals surface area contributed by atoms with Gasteiger partial charge in [0.2, 0.25) is 0 Å². The van der Waals surface area contributed by atoms with Gasteiger partial charge in [0.05, 0.1) is 0 Å². The van der Waals surface area contributed by atoms with Crippen LogP contribution in [0.3, 0.4) is 0 Å². The zero-order valence-corrected chi connectivity index (χ0v) is 5.32. The van der Waals surface area contributed by atoms with E-state index in [9.17, 15) is 4.79 Å². The Balaban J connectivity index is 2.90. The summed E-state index contributed by atoms with van der Waals surface area (Å²) in [5.74, 6) is 0. The van der Waals surface area contributed by atoms with Crippen LogP contribution >= 0.6 is 0 Å². The highest BCUT2D eigenvalue weighted by Gasteiger charge is 1.92. The van der Waals surface area contributed by atoms with Crippen LogP contribution in [0.1, 0.15) is 10.4 Å². The van der Waals surface area contributed by atoms with Gasteiger partial charge in [-0.15, -0.1) is 0 Å². The van der Waals surface area contributed by atoms with Gasteiger partial charge in [0.15, 0.2) is 5.69 Å². The van der Waals surface area contributed by atoms with E-state index < -0.39 is 0 Å². The molecule has 0 unspecified atom stereocenters. The highest BCUT2D eigenvalue weighted by Crippen LogP contribution is 2.00. The maximum absolute atomic E-state index is 10.1. The Labute approximate surface area is 58.3 Å². The van der Waals surface area contributed by atoms with Gasteiger partial charge in [-0.3, -0.25) is 4.79 Å². The van der Waals surface area contributed by atoms with Crippen LogP contribution in [0, 0.1) is 0 Å². The minimum absolute atomic E-state index is 0.616. The third kappa shape index (κ3) is 1.40. The summed E-state index contributed by atoms with van der Waals surface area (Å²) >= 11 is 0. The average molecular weight is 138 g/mol. The van der Waals surface area contributed by atoms with Gasteiger partial charge in [0.25, 0.3) is 0 Å². The van der Waals surface area contributed by atoms with Crippen molar-refractivity contribution in [1.82, 2.24) is 0 Å². The van der Waals surface area contributed by atoms with Crippen molar-refractivity contribution in [2.24, 2.45) is 0 Å². The van der Waals surface area contributed by atoms with E-state index in [4.69, 9.17) is 5.21 Å². The van der Waals surface area contributed by atoms with Crippen LogP contribution < -0.4 is 5.48 Å². The van der Waals surface area contributed by atoms with E-state index in [2.05, 4.69) is 0 Å². The van der Waals surface area contributed by atoms with Crippen LogP contribution in [0.25, 0.3) is 0 Å². The molecule has 0 aliphatic rings. The molecule has 52 valence electrons. The lowest BCUT2D eigenvalue weighted by molar-refractivity contribution is -0.825. The molecule has 0 saturated heterocycles. The molecule has 1 rings (SSSR count). The zero-order chi connectivity index (χ0) is 7.40. The molecule has 0 saturated carbocycles. The van der Waals surface area contributed by atoms with Gasteiger partial charge in [0, 0.05) is 17.7 Å². The fourth-order valence-corrected chi connectivity index (χ4v) is 0.661. The maximum Gasteiger partial charge on any atom is 0.161 e. The lowest BCUT2D eigenvalue weighted by atomic mass is 10.2. The molecule has 1 aromatic rings. The molecule has 0 fully saturated rings. The molecular formula is C7H8NO2+. The Morgan fingerprint density at radius 1 is 1.30 bits per heavy atom. The normalized spacial score (nSPS) is 9.30. The number of benzene rings is 1. The number of hydrogen-bond acceptors (Lipinski definition) is 2. The van der Waals surface area contributed by atoms with Crippen molar-refractivity contribution < 1.29 is 15.5 Å². The van der Waals surface area contributed by atoms with Crippen molar-refractivity contribution in [2.75, 3.05) is 0 Å². The van der Waals surface area contributed by atoms with E-state index in [1.807, 2.05) is 0 Å². The summed E-state index contributed by atoms with van der Waals surface area (Å²) in [6.45, 7) is 0. The molecule has 0 radical (unpaired) electrons. The molecule has 10 heavy (non-hydrogen) atoms. The zero-order valence-electron chi connectivity index (χ0n) is 5.32. The van der Waals surface area contributed by atoms with Crippen LogP contribution in [0.4, 0.5) is 5.69 Å².